The fourth-order valence-electron chi connectivity index (χ4n) is 1.58. The summed E-state index contributed by atoms with van der Waals surface area (Å²) in [6, 6.07) is 7.70. The maximum absolute atomic E-state index is 11.6. The van der Waals surface area contributed by atoms with Gasteiger partial charge < -0.3 is 14.8 Å². The van der Waals surface area contributed by atoms with Crippen molar-refractivity contribution in [2.45, 2.75) is 19.8 Å². The minimum Gasteiger partial charge on any atom is -0.493 e. The molecule has 0 aromatic heterocycles. The molecule has 4 heteroatoms. The first kappa shape index (κ1) is 16.2. The number of para-hydroxylation sites is 1. The summed E-state index contributed by atoms with van der Waals surface area (Å²) < 4.78 is 10.6. The normalized spacial score (nSPS) is 10.7. The molecule has 0 radical (unpaired) electrons. The van der Waals surface area contributed by atoms with Gasteiger partial charge in [0.2, 0.25) is 5.91 Å². The predicted octanol–water partition coefficient (Wildman–Crippen LogP) is 2.64. The number of unbranched alkanes of at least 4 members (excludes halogenated alkanes) is 1. The Hall–Kier alpha value is -1.81. The monoisotopic (exact) mass is 277 g/mol. The van der Waals surface area contributed by atoms with Crippen LogP contribution in [-0.2, 0) is 9.53 Å². The zero-order valence-corrected chi connectivity index (χ0v) is 12.2. The smallest absolute Gasteiger partial charge is 0.244 e. The van der Waals surface area contributed by atoms with Crippen molar-refractivity contribution in [2.75, 3.05) is 26.9 Å². The van der Waals surface area contributed by atoms with Crippen molar-refractivity contribution in [1.82, 2.24) is 5.32 Å². The highest BCUT2D eigenvalue weighted by molar-refractivity contribution is 5.92. The Kier molecular flexibility index (Phi) is 8.15. The van der Waals surface area contributed by atoms with E-state index in [9.17, 15) is 4.79 Å². The lowest BCUT2D eigenvalue weighted by atomic mass is 10.2. The van der Waals surface area contributed by atoms with Crippen molar-refractivity contribution in [2.24, 2.45) is 0 Å². The van der Waals surface area contributed by atoms with Gasteiger partial charge in [-0.05, 0) is 18.6 Å². The number of carbonyl (C=O) groups excluding carboxylic acids is 1. The predicted molar refractivity (Wildman–Crippen MR) is 80.8 cm³/mol. The highest BCUT2D eigenvalue weighted by Gasteiger charge is 2.00. The molecule has 1 rings (SSSR count). The van der Waals surface area contributed by atoms with Crippen LogP contribution in [0, 0.1) is 0 Å². The van der Waals surface area contributed by atoms with E-state index in [1.165, 1.54) is 6.08 Å². The molecule has 0 saturated heterocycles. The van der Waals surface area contributed by atoms with Gasteiger partial charge in [0.25, 0.3) is 0 Å². The lowest BCUT2D eigenvalue weighted by Crippen LogP contribution is -2.24. The molecule has 1 aromatic rings. The zero-order valence-electron chi connectivity index (χ0n) is 12.2. The molecule has 110 valence electrons. The number of rotatable bonds is 9. The molecule has 1 amide bonds. The second-order valence-electron chi connectivity index (χ2n) is 4.36. The SMILES string of the molecule is CCCCOc1ccccc1/C=C/C(=O)NCCOC. The number of hydrogen-bond donors (Lipinski definition) is 1. The quantitative estimate of drug-likeness (QED) is 0.557. The van der Waals surface area contributed by atoms with Gasteiger partial charge in [-0.15, -0.1) is 0 Å². The molecule has 0 bridgehead atoms. The number of carbonyl (C=O) groups is 1. The lowest BCUT2D eigenvalue weighted by molar-refractivity contribution is -0.116. The van der Waals surface area contributed by atoms with Gasteiger partial charge in [0, 0.05) is 25.3 Å². The third-order valence-corrected chi connectivity index (χ3v) is 2.69. The lowest BCUT2D eigenvalue weighted by Gasteiger charge is -2.08. The van der Waals surface area contributed by atoms with Gasteiger partial charge >= 0.3 is 0 Å². The maximum Gasteiger partial charge on any atom is 0.244 e. The van der Waals surface area contributed by atoms with Crippen LogP contribution in [-0.4, -0.2) is 32.8 Å². The van der Waals surface area contributed by atoms with E-state index in [4.69, 9.17) is 9.47 Å². The van der Waals surface area contributed by atoms with Crippen LogP contribution in [0.5, 0.6) is 5.75 Å². The Morgan fingerprint density at radius 2 is 2.10 bits per heavy atom. The Morgan fingerprint density at radius 1 is 1.30 bits per heavy atom. The van der Waals surface area contributed by atoms with Crippen molar-refractivity contribution < 1.29 is 14.3 Å². The number of methoxy groups -OCH3 is 1. The fourth-order valence-corrected chi connectivity index (χ4v) is 1.58. The van der Waals surface area contributed by atoms with Crippen molar-refractivity contribution >= 4 is 12.0 Å². The van der Waals surface area contributed by atoms with Gasteiger partial charge in [-0.2, -0.15) is 0 Å². The molecule has 0 unspecified atom stereocenters. The van der Waals surface area contributed by atoms with E-state index in [1.54, 1.807) is 13.2 Å². The summed E-state index contributed by atoms with van der Waals surface area (Å²) in [5.41, 5.74) is 0.908. The average Bonchev–Trinajstić information content (AvgIpc) is 2.47. The number of benzene rings is 1. The molecular formula is C16H23NO3. The molecule has 1 N–H and O–H groups in total. The van der Waals surface area contributed by atoms with Crippen LogP contribution < -0.4 is 10.1 Å². The zero-order chi connectivity index (χ0) is 14.6. The van der Waals surface area contributed by atoms with Gasteiger partial charge in [0.1, 0.15) is 5.75 Å². The van der Waals surface area contributed by atoms with Crippen molar-refractivity contribution in [3.63, 3.8) is 0 Å². The van der Waals surface area contributed by atoms with E-state index in [2.05, 4.69) is 12.2 Å². The number of nitrogens with one attached hydrogen (secondary N) is 1. The largest absolute Gasteiger partial charge is 0.493 e. The summed E-state index contributed by atoms with van der Waals surface area (Å²) in [5.74, 6) is 0.673. The average molecular weight is 277 g/mol. The van der Waals surface area contributed by atoms with Crippen LogP contribution in [0.3, 0.4) is 0 Å². The third kappa shape index (κ3) is 6.38. The van der Waals surface area contributed by atoms with E-state index < -0.39 is 0 Å². The summed E-state index contributed by atoms with van der Waals surface area (Å²) in [7, 11) is 1.60. The summed E-state index contributed by atoms with van der Waals surface area (Å²) in [4.78, 5) is 11.6. The van der Waals surface area contributed by atoms with Crippen LogP contribution >= 0.6 is 0 Å². The Labute approximate surface area is 120 Å². The third-order valence-electron chi connectivity index (χ3n) is 2.69. The van der Waals surface area contributed by atoms with Crippen LogP contribution in [0.2, 0.25) is 0 Å². The minimum absolute atomic E-state index is 0.134. The molecule has 0 atom stereocenters. The van der Waals surface area contributed by atoms with Gasteiger partial charge in [0.15, 0.2) is 0 Å². The second kappa shape index (κ2) is 10.0. The van der Waals surface area contributed by atoms with Gasteiger partial charge in [-0.1, -0.05) is 31.5 Å². The van der Waals surface area contributed by atoms with Gasteiger partial charge in [-0.3, -0.25) is 4.79 Å². The van der Waals surface area contributed by atoms with Crippen molar-refractivity contribution in [3.05, 3.63) is 35.9 Å². The molecule has 0 aliphatic rings. The van der Waals surface area contributed by atoms with E-state index in [-0.39, 0.29) is 5.91 Å². The highest BCUT2D eigenvalue weighted by Crippen LogP contribution is 2.19. The molecule has 1 aromatic carbocycles. The topological polar surface area (TPSA) is 47.6 Å². The molecule has 0 aliphatic carbocycles. The van der Waals surface area contributed by atoms with E-state index >= 15 is 0 Å². The summed E-state index contributed by atoms with van der Waals surface area (Å²) in [6.45, 7) is 3.84. The standard InChI is InChI=1S/C16H23NO3/c1-3-4-12-20-15-8-6-5-7-14(15)9-10-16(18)17-11-13-19-2/h5-10H,3-4,11-13H2,1-2H3,(H,17,18)/b10-9+. The molecule has 0 saturated carbocycles. The molecule has 20 heavy (non-hydrogen) atoms. The van der Waals surface area contributed by atoms with Crippen LogP contribution in [0.4, 0.5) is 0 Å². The second-order valence-corrected chi connectivity index (χ2v) is 4.36. The first-order chi connectivity index (χ1) is 9.77. The molecule has 0 fully saturated rings. The van der Waals surface area contributed by atoms with E-state index in [0.29, 0.717) is 19.8 Å². The van der Waals surface area contributed by atoms with Gasteiger partial charge in [0.05, 0.1) is 13.2 Å². The highest BCUT2D eigenvalue weighted by atomic mass is 16.5. The molecule has 4 nitrogen and oxygen atoms in total. The summed E-state index contributed by atoms with van der Waals surface area (Å²) in [6.07, 6.45) is 5.40. The number of hydrogen-bond acceptors (Lipinski definition) is 3. The number of amides is 1. The minimum atomic E-state index is -0.134. The molecule has 0 aliphatic heterocycles. The molecular weight excluding hydrogens is 254 g/mol. The molecule has 0 heterocycles. The van der Waals surface area contributed by atoms with E-state index in [0.717, 1.165) is 24.2 Å². The summed E-state index contributed by atoms with van der Waals surface area (Å²) >= 11 is 0. The van der Waals surface area contributed by atoms with Crippen molar-refractivity contribution in [1.29, 1.82) is 0 Å². The first-order valence-corrected chi connectivity index (χ1v) is 6.94. The number of ether oxygens (including phenoxy) is 2. The van der Waals surface area contributed by atoms with Crippen molar-refractivity contribution in [3.8, 4) is 5.75 Å². The maximum atomic E-state index is 11.6. The Balaban J connectivity index is 2.55. The first-order valence-electron chi connectivity index (χ1n) is 6.94. The molecule has 0 spiro atoms. The van der Waals surface area contributed by atoms with Crippen LogP contribution in [0.1, 0.15) is 25.3 Å². The van der Waals surface area contributed by atoms with E-state index in [1.807, 2.05) is 24.3 Å². The Bertz CT molecular complexity index is 429. The van der Waals surface area contributed by atoms with Gasteiger partial charge in [-0.25, -0.2) is 0 Å². The summed E-state index contributed by atoms with van der Waals surface area (Å²) in [5, 5.41) is 2.73. The van der Waals surface area contributed by atoms with Crippen LogP contribution in [0.25, 0.3) is 6.08 Å². The van der Waals surface area contributed by atoms with Crippen LogP contribution in [0.15, 0.2) is 30.3 Å². The fraction of sp³-hybridized carbons (Fsp3) is 0.438. The Morgan fingerprint density at radius 3 is 2.85 bits per heavy atom.